The summed E-state index contributed by atoms with van der Waals surface area (Å²) in [4.78, 5) is 32.4. The molecule has 29 heavy (non-hydrogen) atoms. The predicted molar refractivity (Wildman–Crippen MR) is 109 cm³/mol. The number of halogens is 1. The van der Waals surface area contributed by atoms with Crippen LogP contribution in [-0.4, -0.2) is 10.9 Å². The molecule has 0 spiro atoms. The molecule has 0 bridgehead atoms. The van der Waals surface area contributed by atoms with Crippen LogP contribution in [-0.2, 0) is 0 Å². The van der Waals surface area contributed by atoms with Crippen molar-refractivity contribution in [2.45, 2.75) is 19.9 Å². The Morgan fingerprint density at radius 3 is 2.66 bits per heavy atom. The first-order valence-corrected chi connectivity index (χ1v) is 9.90. The Bertz CT molecular complexity index is 1340. The Morgan fingerprint density at radius 2 is 1.93 bits per heavy atom. The zero-order chi connectivity index (χ0) is 20.3. The largest absolute Gasteiger partial charge is 0.450 e. The molecule has 0 saturated heterocycles. The first kappa shape index (κ1) is 17.8. The van der Waals surface area contributed by atoms with Gasteiger partial charge < -0.3 is 4.42 Å². The van der Waals surface area contributed by atoms with Crippen LogP contribution in [0.3, 0.4) is 0 Å². The zero-order valence-electron chi connectivity index (χ0n) is 15.6. The fourth-order valence-corrected chi connectivity index (χ4v) is 4.42. The van der Waals surface area contributed by atoms with Crippen molar-refractivity contribution in [2.75, 3.05) is 4.90 Å². The standard InChI is InChI=1S/C22H15FN2O3S/c1-11-8-15-16(9-12(11)2)28-20-17(19(15)26)18(13-4-3-5-14(23)10-13)25(21(20)27)22-24-6-7-29-22/h3-10,18H,1-2H3. The van der Waals surface area contributed by atoms with E-state index in [1.165, 1.54) is 28.4 Å². The van der Waals surface area contributed by atoms with E-state index in [9.17, 15) is 14.0 Å². The van der Waals surface area contributed by atoms with E-state index in [4.69, 9.17) is 4.42 Å². The molecule has 0 radical (unpaired) electrons. The average molecular weight is 406 g/mol. The Kier molecular flexibility index (Phi) is 3.89. The van der Waals surface area contributed by atoms with Crippen molar-refractivity contribution in [3.05, 3.63) is 92.0 Å². The molecule has 1 aliphatic heterocycles. The van der Waals surface area contributed by atoms with Gasteiger partial charge in [0.05, 0.1) is 17.0 Å². The summed E-state index contributed by atoms with van der Waals surface area (Å²) < 4.78 is 19.9. The van der Waals surface area contributed by atoms with E-state index in [1.54, 1.807) is 35.8 Å². The lowest BCUT2D eigenvalue weighted by Crippen LogP contribution is -2.29. The minimum Gasteiger partial charge on any atom is -0.450 e. The molecule has 1 unspecified atom stereocenters. The third-order valence-corrected chi connectivity index (χ3v) is 6.05. The van der Waals surface area contributed by atoms with Gasteiger partial charge in [0.2, 0.25) is 5.76 Å². The summed E-state index contributed by atoms with van der Waals surface area (Å²) in [5.41, 5.74) is 2.70. The van der Waals surface area contributed by atoms with Crippen LogP contribution in [0.25, 0.3) is 11.0 Å². The Morgan fingerprint density at radius 1 is 1.14 bits per heavy atom. The molecule has 5 rings (SSSR count). The summed E-state index contributed by atoms with van der Waals surface area (Å²) in [7, 11) is 0. The molecule has 144 valence electrons. The molecule has 0 N–H and O–H groups in total. The number of anilines is 1. The van der Waals surface area contributed by atoms with Crippen LogP contribution >= 0.6 is 11.3 Å². The number of hydrogen-bond acceptors (Lipinski definition) is 5. The van der Waals surface area contributed by atoms with E-state index in [2.05, 4.69) is 4.98 Å². The van der Waals surface area contributed by atoms with Crippen LogP contribution in [0.2, 0.25) is 0 Å². The van der Waals surface area contributed by atoms with Gasteiger partial charge in [0.1, 0.15) is 11.4 Å². The maximum atomic E-state index is 14.0. The molecule has 0 saturated carbocycles. The number of benzene rings is 2. The van der Waals surface area contributed by atoms with Crippen molar-refractivity contribution >= 4 is 33.3 Å². The van der Waals surface area contributed by atoms with E-state index in [0.717, 1.165) is 11.1 Å². The Labute approximate surface area is 169 Å². The first-order valence-electron chi connectivity index (χ1n) is 9.02. The van der Waals surface area contributed by atoms with Gasteiger partial charge >= 0.3 is 0 Å². The van der Waals surface area contributed by atoms with Crippen LogP contribution in [0, 0.1) is 19.7 Å². The van der Waals surface area contributed by atoms with Crippen LogP contribution < -0.4 is 10.3 Å². The van der Waals surface area contributed by atoms with Gasteiger partial charge in [-0.1, -0.05) is 12.1 Å². The summed E-state index contributed by atoms with van der Waals surface area (Å²) in [5.74, 6) is -0.921. The normalized spacial score (nSPS) is 15.9. The van der Waals surface area contributed by atoms with Crippen molar-refractivity contribution < 1.29 is 13.6 Å². The minimum atomic E-state index is -0.804. The van der Waals surface area contributed by atoms with Crippen molar-refractivity contribution in [1.82, 2.24) is 4.98 Å². The maximum Gasteiger partial charge on any atom is 0.297 e. The predicted octanol–water partition coefficient (Wildman–Crippen LogP) is 4.76. The number of hydrogen-bond donors (Lipinski definition) is 0. The highest BCUT2D eigenvalue weighted by Gasteiger charge is 2.44. The number of thiazole rings is 1. The van der Waals surface area contributed by atoms with Crippen molar-refractivity contribution in [2.24, 2.45) is 0 Å². The molecule has 1 aliphatic rings. The summed E-state index contributed by atoms with van der Waals surface area (Å²) in [6.07, 6.45) is 1.58. The molecule has 2 aromatic heterocycles. The average Bonchev–Trinajstić information content (AvgIpc) is 3.30. The number of carbonyl (C=O) groups is 1. The fraction of sp³-hybridized carbons (Fsp3) is 0.136. The van der Waals surface area contributed by atoms with Gasteiger partial charge in [-0.05, 0) is 54.8 Å². The van der Waals surface area contributed by atoms with Crippen LogP contribution in [0.15, 0.2) is 57.2 Å². The molecule has 1 amide bonds. The van der Waals surface area contributed by atoms with Crippen molar-refractivity contribution in [3.63, 3.8) is 0 Å². The zero-order valence-corrected chi connectivity index (χ0v) is 16.4. The summed E-state index contributed by atoms with van der Waals surface area (Å²) in [6, 6.07) is 8.64. The lowest BCUT2D eigenvalue weighted by Gasteiger charge is -2.22. The minimum absolute atomic E-state index is 0.0183. The molecule has 7 heteroatoms. The number of aryl methyl sites for hydroxylation is 2. The number of fused-ring (bicyclic) bond motifs is 2. The van der Waals surface area contributed by atoms with E-state index in [1.807, 2.05) is 13.8 Å². The highest BCUT2D eigenvalue weighted by Crippen LogP contribution is 2.42. The second-order valence-corrected chi connectivity index (χ2v) is 7.93. The lowest BCUT2D eigenvalue weighted by molar-refractivity contribution is 0.0971. The Balaban J connectivity index is 1.85. The molecular weight excluding hydrogens is 391 g/mol. The van der Waals surface area contributed by atoms with Gasteiger partial charge in [-0.25, -0.2) is 9.37 Å². The molecule has 0 fully saturated rings. The van der Waals surface area contributed by atoms with Gasteiger partial charge in [0.25, 0.3) is 5.91 Å². The SMILES string of the molecule is Cc1cc2oc3c(c(=O)c2cc1C)C(c1cccc(F)c1)N(c1nccs1)C3=O. The molecule has 2 aromatic carbocycles. The molecular formula is C22H15FN2O3S. The fourth-order valence-electron chi connectivity index (χ4n) is 3.75. The van der Waals surface area contributed by atoms with E-state index in [0.29, 0.717) is 21.7 Å². The second kappa shape index (κ2) is 6.35. The lowest BCUT2D eigenvalue weighted by atomic mass is 9.97. The monoisotopic (exact) mass is 406 g/mol. The number of aromatic nitrogens is 1. The van der Waals surface area contributed by atoms with Gasteiger partial charge in [-0.2, -0.15) is 0 Å². The van der Waals surface area contributed by atoms with Crippen LogP contribution in [0.4, 0.5) is 9.52 Å². The van der Waals surface area contributed by atoms with Gasteiger partial charge in [0, 0.05) is 11.6 Å². The third kappa shape index (κ3) is 2.61. The molecule has 5 nitrogen and oxygen atoms in total. The van der Waals surface area contributed by atoms with E-state index >= 15 is 0 Å². The summed E-state index contributed by atoms with van der Waals surface area (Å²) >= 11 is 1.27. The molecule has 0 aliphatic carbocycles. The quantitative estimate of drug-likeness (QED) is 0.482. The van der Waals surface area contributed by atoms with E-state index in [-0.39, 0.29) is 16.8 Å². The van der Waals surface area contributed by atoms with Gasteiger partial charge in [0.15, 0.2) is 10.6 Å². The molecule has 1 atom stereocenters. The van der Waals surface area contributed by atoms with Gasteiger partial charge in [-0.3, -0.25) is 14.5 Å². The number of carbonyl (C=O) groups excluding carboxylic acids is 1. The topological polar surface area (TPSA) is 63.4 Å². The second-order valence-electron chi connectivity index (χ2n) is 7.05. The smallest absolute Gasteiger partial charge is 0.297 e. The summed E-state index contributed by atoms with van der Waals surface area (Å²) in [5, 5.41) is 2.57. The number of rotatable bonds is 2. The molecule has 3 heterocycles. The third-order valence-electron chi connectivity index (χ3n) is 5.28. The van der Waals surface area contributed by atoms with Crippen LogP contribution in [0.1, 0.15) is 38.9 Å². The van der Waals surface area contributed by atoms with Gasteiger partial charge in [-0.15, -0.1) is 11.3 Å². The maximum absolute atomic E-state index is 14.0. The highest BCUT2D eigenvalue weighted by molar-refractivity contribution is 7.13. The number of nitrogens with zero attached hydrogens (tertiary/aromatic N) is 2. The van der Waals surface area contributed by atoms with Crippen molar-refractivity contribution in [3.8, 4) is 0 Å². The van der Waals surface area contributed by atoms with E-state index < -0.39 is 17.8 Å². The van der Waals surface area contributed by atoms with Crippen LogP contribution in [0.5, 0.6) is 0 Å². The first-order chi connectivity index (χ1) is 14.0. The van der Waals surface area contributed by atoms with Crippen molar-refractivity contribution in [1.29, 1.82) is 0 Å². The highest BCUT2D eigenvalue weighted by atomic mass is 32.1. The summed E-state index contributed by atoms with van der Waals surface area (Å²) in [6.45, 7) is 3.83. The Hall–Kier alpha value is -3.32. The molecule has 4 aromatic rings. The number of amides is 1.